The van der Waals surface area contributed by atoms with Gasteiger partial charge in [0.2, 0.25) is 0 Å². The largest absolute Gasteiger partial charge is 0.385 e. The van der Waals surface area contributed by atoms with Crippen LogP contribution in [0.4, 0.5) is 0 Å². The fourth-order valence-electron chi connectivity index (χ4n) is 1.78. The molecule has 1 heterocycles. The smallest absolute Gasteiger partial charge is 0.111 e. The van der Waals surface area contributed by atoms with Crippen LogP contribution in [0.15, 0.2) is 18.2 Å². The summed E-state index contributed by atoms with van der Waals surface area (Å²) < 4.78 is 6.25. The Bertz CT molecular complexity index is 495. The van der Waals surface area contributed by atoms with E-state index in [2.05, 4.69) is 30.1 Å². The van der Waals surface area contributed by atoms with Crippen LogP contribution in [0.5, 0.6) is 0 Å². The third kappa shape index (κ3) is 3.03. The van der Waals surface area contributed by atoms with Crippen molar-refractivity contribution in [2.75, 3.05) is 13.7 Å². The number of thiazole rings is 1. The van der Waals surface area contributed by atoms with Gasteiger partial charge in [-0.15, -0.1) is 11.3 Å². The first-order valence-corrected chi connectivity index (χ1v) is 6.64. The number of fused-ring (bicyclic) bond motifs is 1. The molecule has 92 valence electrons. The van der Waals surface area contributed by atoms with Crippen LogP contribution in [0.25, 0.3) is 10.2 Å². The minimum Gasteiger partial charge on any atom is -0.385 e. The molecule has 2 aromatic rings. The van der Waals surface area contributed by atoms with Gasteiger partial charge in [0, 0.05) is 13.7 Å². The molecular formula is C13H18N2OS. The van der Waals surface area contributed by atoms with E-state index in [1.807, 2.05) is 0 Å². The van der Waals surface area contributed by atoms with E-state index in [4.69, 9.17) is 10.5 Å². The van der Waals surface area contributed by atoms with Gasteiger partial charge in [-0.3, -0.25) is 0 Å². The molecule has 0 spiro atoms. The van der Waals surface area contributed by atoms with Crippen LogP contribution in [0.3, 0.4) is 0 Å². The lowest BCUT2D eigenvalue weighted by molar-refractivity contribution is 0.190. The van der Waals surface area contributed by atoms with Crippen LogP contribution in [-0.2, 0) is 4.74 Å². The number of nitrogens with zero attached hydrogens (tertiary/aromatic N) is 1. The Morgan fingerprint density at radius 2 is 2.29 bits per heavy atom. The summed E-state index contributed by atoms with van der Waals surface area (Å²) in [6.07, 6.45) is 1.90. The summed E-state index contributed by atoms with van der Waals surface area (Å²) in [4.78, 5) is 4.59. The molecular weight excluding hydrogens is 232 g/mol. The first-order chi connectivity index (χ1) is 8.20. The molecule has 0 saturated carbocycles. The zero-order valence-corrected chi connectivity index (χ0v) is 11.1. The Morgan fingerprint density at radius 1 is 1.47 bits per heavy atom. The summed E-state index contributed by atoms with van der Waals surface area (Å²) in [6.45, 7) is 2.86. The van der Waals surface area contributed by atoms with E-state index in [1.165, 1.54) is 10.3 Å². The summed E-state index contributed by atoms with van der Waals surface area (Å²) >= 11 is 1.70. The van der Waals surface area contributed by atoms with Gasteiger partial charge >= 0.3 is 0 Å². The first-order valence-electron chi connectivity index (χ1n) is 5.82. The summed E-state index contributed by atoms with van der Waals surface area (Å²) in [5.41, 5.74) is 8.45. The lowest BCUT2D eigenvalue weighted by Gasteiger charge is -2.06. The highest BCUT2D eigenvalue weighted by atomic mass is 32.1. The third-order valence-corrected chi connectivity index (χ3v) is 3.89. The second-order valence-electron chi connectivity index (χ2n) is 4.26. The van der Waals surface area contributed by atoms with Gasteiger partial charge in [0.05, 0.1) is 16.3 Å². The number of benzene rings is 1. The van der Waals surface area contributed by atoms with Crippen molar-refractivity contribution in [1.82, 2.24) is 4.98 Å². The zero-order valence-electron chi connectivity index (χ0n) is 10.3. The SMILES string of the molecule is COCCCC(N)c1nc2ccc(C)cc2s1. The Hall–Kier alpha value is -0.970. The van der Waals surface area contributed by atoms with Crippen molar-refractivity contribution in [2.45, 2.75) is 25.8 Å². The Labute approximate surface area is 106 Å². The number of hydrogen-bond acceptors (Lipinski definition) is 4. The highest BCUT2D eigenvalue weighted by molar-refractivity contribution is 7.18. The van der Waals surface area contributed by atoms with E-state index in [9.17, 15) is 0 Å². The fraction of sp³-hybridized carbons (Fsp3) is 0.462. The monoisotopic (exact) mass is 250 g/mol. The highest BCUT2D eigenvalue weighted by Crippen LogP contribution is 2.28. The molecule has 1 aromatic heterocycles. The number of aromatic nitrogens is 1. The lowest BCUT2D eigenvalue weighted by atomic mass is 10.2. The maximum atomic E-state index is 6.13. The summed E-state index contributed by atoms with van der Waals surface area (Å²) in [7, 11) is 1.71. The second kappa shape index (κ2) is 5.58. The van der Waals surface area contributed by atoms with Crippen molar-refractivity contribution < 1.29 is 4.74 Å². The van der Waals surface area contributed by atoms with Gasteiger partial charge in [-0.05, 0) is 37.5 Å². The van der Waals surface area contributed by atoms with Gasteiger partial charge in [-0.2, -0.15) is 0 Å². The molecule has 1 unspecified atom stereocenters. The van der Waals surface area contributed by atoms with Crippen molar-refractivity contribution in [2.24, 2.45) is 5.73 Å². The minimum atomic E-state index is 0.0304. The summed E-state index contributed by atoms with van der Waals surface area (Å²) in [5.74, 6) is 0. The normalized spacial score (nSPS) is 13.1. The highest BCUT2D eigenvalue weighted by Gasteiger charge is 2.11. The Balaban J connectivity index is 2.12. The first kappa shape index (κ1) is 12.5. The van der Waals surface area contributed by atoms with Crippen LogP contribution >= 0.6 is 11.3 Å². The average molecular weight is 250 g/mol. The second-order valence-corrected chi connectivity index (χ2v) is 5.33. The van der Waals surface area contributed by atoms with Gasteiger partial charge in [-0.1, -0.05) is 6.07 Å². The molecule has 0 aliphatic carbocycles. The van der Waals surface area contributed by atoms with Crippen molar-refractivity contribution in [3.8, 4) is 0 Å². The molecule has 0 radical (unpaired) electrons. The molecule has 2 rings (SSSR count). The number of rotatable bonds is 5. The van der Waals surface area contributed by atoms with E-state index < -0.39 is 0 Å². The van der Waals surface area contributed by atoms with E-state index in [-0.39, 0.29) is 6.04 Å². The topological polar surface area (TPSA) is 48.1 Å². The Kier molecular flexibility index (Phi) is 4.10. The van der Waals surface area contributed by atoms with Gasteiger partial charge in [-0.25, -0.2) is 4.98 Å². The van der Waals surface area contributed by atoms with E-state index in [0.717, 1.165) is 30.0 Å². The molecule has 17 heavy (non-hydrogen) atoms. The predicted octanol–water partition coefficient (Wildman–Crippen LogP) is 3.03. The molecule has 0 aliphatic rings. The summed E-state index contributed by atoms with van der Waals surface area (Å²) in [5, 5.41) is 1.03. The number of methoxy groups -OCH3 is 1. The van der Waals surface area contributed by atoms with E-state index >= 15 is 0 Å². The number of nitrogens with two attached hydrogens (primary N) is 1. The average Bonchev–Trinajstić information content (AvgIpc) is 2.72. The standard InChI is InChI=1S/C13H18N2OS/c1-9-5-6-11-12(8-9)17-13(15-11)10(14)4-3-7-16-2/h5-6,8,10H,3-4,7,14H2,1-2H3. The zero-order chi connectivity index (χ0) is 12.3. The number of ether oxygens (including phenoxy) is 1. The van der Waals surface area contributed by atoms with Crippen LogP contribution in [0.2, 0.25) is 0 Å². The van der Waals surface area contributed by atoms with Crippen LogP contribution in [-0.4, -0.2) is 18.7 Å². The predicted molar refractivity (Wildman–Crippen MR) is 72.4 cm³/mol. The van der Waals surface area contributed by atoms with E-state index in [1.54, 1.807) is 18.4 Å². The van der Waals surface area contributed by atoms with Crippen molar-refractivity contribution in [3.05, 3.63) is 28.8 Å². The van der Waals surface area contributed by atoms with Gasteiger partial charge in [0.1, 0.15) is 5.01 Å². The minimum absolute atomic E-state index is 0.0304. The van der Waals surface area contributed by atoms with E-state index in [0.29, 0.717) is 0 Å². The maximum Gasteiger partial charge on any atom is 0.111 e. The van der Waals surface area contributed by atoms with Crippen LogP contribution < -0.4 is 5.73 Å². The molecule has 2 N–H and O–H groups in total. The molecule has 0 fully saturated rings. The molecule has 1 aromatic carbocycles. The lowest BCUT2D eigenvalue weighted by Crippen LogP contribution is -2.10. The van der Waals surface area contributed by atoms with Gasteiger partial charge in [0.15, 0.2) is 0 Å². The molecule has 0 aliphatic heterocycles. The maximum absolute atomic E-state index is 6.13. The van der Waals surface area contributed by atoms with Crippen molar-refractivity contribution in [1.29, 1.82) is 0 Å². The van der Waals surface area contributed by atoms with Crippen molar-refractivity contribution >= 4 is 21.6 Å². The van der Waals surface area contributed by atoms with Crippen LogP contribution in [0, 0.1) is 6.92 Å². The van der Waals surface area contributed by atoms with Gasteiger partial charge in [0.25, 0.3) is 0 Å². The Morgan fingerprint density at radius 3 is 3.06 bits per heavy atom. The molecule has 3 nitrogen and oxygen atoms in total. The molecule has 0 amide bonds. The fourth-order valence-corrected chi connectivity index (χ4v) is 2.88. The number of aryl methyl sites for hydroxylation is 1. The summed E-state index contributed by atoms with van der Waals surface area (Å²) in [6, 6.07) is 6.34. The molecule has 4 heteroatoms. The molecule has 1 atom stereocenters. The van der Waals surface area contributed by atoms with Crippen molar-refractivity contribution in [3.63, 3.8) is 0 Å². The quantitative estimate of drug-likeness (QED) is 0.830. The molecule has 0 saturated heterocycles. The van der Waals surface area contributed by atoms with Crippen LogP contribution in [0.1, 0.15) is 29.5 Å². The van der Waals surface area contributed by atoms with Gasteiger partial charge < -0.3 is 10.5 Å². The third-order valence-electron chi connectivity index (χ3n) is 2.74. The number of hydrogen-bond donors (Lipinski definition) is 1. The molecule has 0 bridgehead atoms.